The molecule has 1 saturated heterocycles. The van der Waals surface area contributed by atoms with Gasteiger partial charge in [0.25, 0.3) is 0 Å². The molecular weight excluding hydrogens is 262 g/mol. The Morgan fingerprint density at radius 2 is 2.20 bits per heavy atom. The van der Waals surface area contributed by atoms with Crippen LogP contribution in [-0.4, -0.2) is 51.0 Å². The van der Waals surface area contributed by atoms with E-state index in [0.717, 1.165) is 12.1 Å². The number of hydrogen-bond donors (Lipinski definition) is 2. The number of amides is 1. The molecule has 2 rings (SSSR count). The molecule has 2 heterocycles. The van der Waals surface area contributed by atoms with Gasteiger partial charge >= 0.3 is 12.1 Å². The molecule has 1 aromatic rings. The minimum absolute atomic E-state index is 0.00396. The first-order valence-electron chi connectivity index (χ1n) is 6.53. The van der Waals surface area contributed by atoms with Crippen molar-refractivity contribution in [1.29, 1.82) is 0 Å². The highest BCUT2D eigenvalue weighted by atomic mass is 16.6. The third kappa shape index (κ3) is 3.28. The second-order valence-electron chi connectivity index (χ2n) is 5.93. The molecule has 0 radical (unpaired) electrons. The topological polar surface area (TPSA) is 95.5 Å². The molecule has 20 heavy (non-hydrogen) atoms. The van der Waals surface area contributed by atoms with Gasteiger partial charge in [0.15, 0.2) is 5.69 Å². The average molecular weight is 281 g/mol. The van der Waals surface area contributed by atoms with Crippen LogP contribution in [0.4, 0.5) is 4.79 Å². The Labute approximate surface area is 116 Å². The van der Waals surface area contributed by atoms with Crippen LogP contribution in [0.25, 0.3) is 0 Å². The fourth-order valence-corrected chi connectivity index (χ4v) is 2.16. The molecule has 0 aliphatic carbocycles. The number of carboxylic acids is 1. The summed E-state index contributed by atoms with van der Waals surface area (Å²) in [6, 6.07) is 1.52. The van der Waals surface area contributed by atoms with Crippen LogP contribution >= 0.6 is 0 Å². The maximum Gasteiger partial charge on any atom is 0.410 e. The lowest BCUT2D eigenvalue weighted by molar-refractivity contribution is 0.0292. The van der Waals surface area contributed by atoms with Gasteiger partial charge in [0.1, 0.15) is 5.60 Å². The van der Waals surface area contributed by atoms with Crippen LogP contribution in [0.2, 0.25) is 0 Å². The summed E-state index contributed by atoms with van der Waals surface area (Å²) in [4.78, 5) is 24.4. The Balaban J connectivity index is 1.98. The zero-order valence-electron chi connectivity index (χ0n) is 11.8. The highest BCUT2D eigenvalue weighted by Crippen LogP contribution is 2.27. The van der Waals surface area contributed by atoms with Gasteiger partial charge in [0.05, 0.1) is 0 Å². The van der Waals surface area contributed by atoms with E-state index >= 15 is 0 Å². The number of aromatic amines is 1. The van der Waals surface area contributed by atoms with Gasteiger partial charge in [-0.25, -0.2) is 9.59 Å². The lowest BCUT2D eigenvalue weighted by Crippen LogP contribution is -2.35. The number of likely N-dealkylation sites (tertiary alicyclic amines) is 1. The molecule has 1 amide bonds. The molecule has 1 atom stereocenters. The first kappa shape index (κ1) is 14.4. The third-order valence-electron chi connectivity index (χ3n) is 3.10. The van der Waals surface area contributed by atoms with Crippen LogP contribution in [0.1, 0.15) is 49.3 Å². The van der Waals surface area contributed by atoms with Gasteiger partial charge < -0.3 is 14.7 Å². The van der Waals surface area contributed by atoms with Gasteiger partial charge in [0, 0.05) is 24.7 Å². The molecule has 0 bridgehead atoms. The second kappa shape index (κ2) is 5.15. The lowest BCUT2D eigenvalue weighted by atomic mass is 10.1. The number of carboxylic acid groups (broad SMARTS) is 1. The predicted molar refractivity (Wildman–Crippen MR) is 70.7 cm³/mol. The molecule has 0 aromatic carbocycles. The van der Waals surface area contributed by atoms with Crippen molar-refractivity contribution in [2.45, 2.75) is 38.7 Å². The van der Waals surface area contributed by atoms with E-state index < -0.39 is 11.6 Å². The summed E-state index contributed by atoms with van der Waals surface area (Å²) in [5.74, 6) is -0.988. The van der Waals surface area contributed by atoms with Crippen molar-refractivity contribution in [3.05, 3.63) is 17.5 Å². The average Bonchev–Trinajstić information content (AvgIpc) is 2.95. The first-order valence-corrected chi connectivity index (χ1v) is 6.53. The molecule has 1 aliphatic rings. The zero-order chi connectivity index (χ0) is 14.9. The van der Waals surface area contributed by atoms with Crippen LogP contribution in [-0.2, 0) is 4.74 Å². The Morgan fingerprint density at radius 3 is 2.75 bits per heavy atom. The molecule has 0 saturated carbocycles. The van der Waals surface area contributed by atoms with Crippen molar-refractivity contribution in [2.24, 2.45) is 0 Å². The molecule has 1 fully saturated rings. The Bertz CT molecular complexity index is 518. The van der Waals surface area contributed by atoms with Gasteiger partial charge in [-0.1, -0.05) is 0 Å². The highest BCUT2D eigenvalue weighted by Gasteiger charge is 2.31. The minimum Gasteiger partial charge on any atom is -0.476 e. The number of ether oxygens (including phenoxy) is 1. The number of aromatic carboxylic acids is 1. The van der Waals surface area contributed by atoms with Crippen molar-refractivity contribution < 1.29 is 19.4 Å². The minimum atomic E-state index is -1.06. The smallest absolute Gasteiger partial charge is 0.410 e. The third-order valence-corrected chi connectivity index (χ3v) is 3.10. The lowest BCUT2D eigenvalue weighted by Gasteiger charge is -2.24. The summed E-state index contributed by atoms with van der Waals surface area (Å²) in [6.07, 6.45) is 0.429. The van der Waals surface area contributed by atoms with E-state index in [4.69, 9.17) is 9.84 Å². The summed E-state index contributed by atoms with van der Waals surface area (Å²) in [6.45, 7) is 6.59. The van der Waals surface area contributed by atoms with Crippen LogP contribution in [0, 0.1) is 0 Å². The van der Waals surface area contributed by atoms with E-state index in [1.54, 1.807) is 4.90 Å². The SMILES string of the molecule is CC(C)(C)OC(=O)N1CC[C@H](c2cc(C(=O)O)n[nH]2)C1. The molecule has 110 valence electrons. The van der Waals surface area contributed by atoms with E-state index in [-0.39, 0.29) is 17.7 Å². The van der Waals surface area contributed by atoms with Crippen molar-refractivity contribution in [3.8, 4) is 0 Å². The van der Waals surface area contributed by atoms with Crippen LogP contribution in [0.3, 0.4) is 0 Å². The fraction of sp³-hybridized carbons (Fsp3) is 0.615. The Kier molecular flexibility index (Phi) is 3.69. The van der Waals surface area contributed by atoms with E-state index in [2.05, 4.69) is 10.2 Å². The standard InChI is InChI=1S/C13H19N3O4/c1-13(2,3)20-12(19)16-5-4-8(7-16)9-6-10(11(17)18)15-14-9/h6,8H,4-5,7H2,1-3H3,(H,14,15)(H,17,18)/t8-/m0/s1. The second-order valence-corrected chi connectivity index (χ2v) is 5.93. The molecule has 1 aromatic heterocycles. The number of nitrogens with one attached hydrogen (secondary N) is 1. The summed E-state index contributed by atoms with van der Waals surface area (Å²) in [5.41, 5.74) is 0.226. The largest absolute Gasteiger partial charge is 0.476 e. The van der Waals surface area contributed by atoms with Crippen molar-refractivity contribution >= 4 is 12.1 Å². The Morgan fingerprint density at radius 1 is 1.50 bits per heavy atom. The van der Waals surface area contributed by atoms with Crippen molar-refractivity contribution in [3.63, 3.8) is 0 Å². The van der Waals surface area contributed by atoms with Gasteiger partial charge in [-0.3, -0.25) is 5.10 Å². The van der Waals surface area contributed by atoms with Crippen LogP contribution in [0.15, 0.2) is 6.07 Å². The van der Waals surface area contributed by atoms with Gasteiger partial charge in [-0.15, -0.1) is 0 Å². The maximum absolute atomic E-state index is 11.9. The van der Waals surface area contributed by atoms with Crippen LogP contribution in [0.5, 0.6) is 0 Å². The Hall–Kier alpha value is -2.05. The number of H-pyrrole nitrogens is 1. The van der Waals surface area contributed by atoms with Crippen molar-refractivity contribution in [2.75, 3.05) is 13.1 Å². The number of carbonyl (C=O) groups is 2. The summed E-state index contributed by atoms with van der Waals surface area (Å²) < 4.78 is 5.32. The van der Waals surface area contributed by atoms with E-state index in [9.17, 15) is 9.59 Å². The number of nitrogens with zero attached hydrogens (tertiary/aromatic N) is 2. The number of hydrogen-bond acceptors (Lipinski definition) is 4. The number of aromatic nitrogens is 2. The van der Waals surface area contributed by atoms with Gasteiger partial charge in [-0.05, 0) is 33.3 Å². The normalized spacial score (nSPS) is 19.1. The molecule has 2 N–H and O–H groups in total. The van der Waals surface area contributed by atoms with Gasteiger partial charge in [0.2, 0.25) is 0 Å². The molecule has 7 heteroatoms. The monoisotopic (exact) mass is 281 g/mol. The van der Waals surface area contributed by atoms with E-state index in [0.29, 0.717) is 13.1 Å². The van der Waals surface area contributed by atoms with Crippen molar-refractivity contribution in [1.82, 2.24) is 15.1 Å². The molecule has 0 spiro atoms. The molecular formula is C13H19N3O4. The first-order chi connectivity index (χ1) is 9.26. The predicted octanol–water partition coefficient (Wildman–Crippen LogP) is 1.83. The molecule has 0 unspecified atom stereocenters. The zero-order valence-corrected chi connectivity index (χ0v) is 11.8. The highest BCUT2D eigenvalue weighted by molar-refractivity contribution is 5.85. The fourth-order valence-electron chi connectivity index (χ4n) is 2.16. The van der Waals surface area contributed by atoms with Crippen LogP contribution < -0.4 is 0 Å². The number of carbonyl (C=O) groups excluding carboxylic acids is 1. The molecule has 1 aliphatic heterocycles. The maximum atomic E-state index is 11.9. The van der Waals surface area contributed by atoms with E-state index in [1.807, 2.05) is 20.8 Å². The summed E-state index contributed by atoms with van der Waals surface area (Å²) in [5, 5.41) is 15.3. The summed E-state index contributed by atoms with van der Waals surface area (Å²) in [7, 11) is 0. The van der Waals surface area contributed by atoms with E-state index in [1.165, 1.54) is 6.07 Å². The summed E-state index contributed by atoms with van der Waals surface area (Å²) >= 11 is 0. The molecule has 7 nitrogen and oxygen atoms in total. The van der Waals surface area contributed by atoms with Gasteiger partial charge in [-0.2, -0.15) is 5.10 Å². The number of rotatable bonds is 2. The quantitative estimate of drug-likeness (QED) is 0.862.